The molecular weight excluding hydrogens is 185 g/mol. The molecule has 0 heterocycles. The second-order valence-corrected chi connectivity index (χ2v) is 2.29. The van der Waals surface area contributed by atoms with E-state index in [0.717, 1.165) is 6.92 Å². The molecule has 0 bridgehead atoms. The van der Waals surface area contributed by atoms with E-state index in [9.17, 15) is 18.0 Å². The van der Waals surface area contributed by atoms with Crippen molar-refractivity contribution in [3.63, 3.8) is 0 Å². The van der Waals surface area contributed by atoms with Crippen LogP contribution < -0.4 is 4.74 Å². The van der Waals surface area contributed by atoms with E-state index in [1.54, 1.807) is 0 Å². The van der Waals surface area contributed by atoms with Gasteiger partial charge in [0.15, 0.2) is 23.2 Å². The van der Waals surface area contributed by atoms with Gasteiger partial charge >= 0.3 is 5.97 Å². The molecule has 0 saturated carbocycles. The largest absolute Gasteiger partial charge is 0.423 e. The summed E-state index contributed by atoms with van der Waals surface area (Å²) in [6.07, 6.45) is 0. The summed E-state index contributed by atoms with van der Waals surface area (Å²) in [5, 5.41) is 0. The molecule has 0 atom stereocenters. The van der Waals surface area contributed by atoms with Crippen LogP contribution in [0.1, 0.15) is 6.92 Å². The Morgan fingerprint density at radius 1 is 1.15 bits per heavy atom. The molecule has 2 nitrogen and oxygen atoms in total. The highest BCUT2D eigenvalue weighted by Crippen LogP contribution is 2.20. The molecule has 0 aromatic heterocycles. The number of hydrogen-bond donors (Lipinski definition) is 0. The molecule has 1 aromatic carbocycles. The molecule has 1 rings (SSSR count). The smallest absolute Gasteiger partial charge is 0.308 e. The minimum atomic E-state index is -1.33. The predicted molar refractivity (Wildman–Crippen MR) is 37.6 cm³/mol. The number of hydrogen-bond acceptors (Lipinski definition) is 2. The molecule has 0 unspecified atom stereocenters. The predicted octanol–water partition coefficient (Wildman–Crippen LogP) is 2.03. The van der Waals surface area contributed by atoms with Crippen LogP contribution in [0.15, 0.2) is 12.1 Å². The summed E-state index contributed by atoms with van der Waals surface area (Å²) in [4.78, 5) is 10.4. The van der Waals surface area contributed by atoms with Gasteiger partial charge in [-0.2, -0.15) is 0 Å². The normalized spacial score (nSPS) is 9.85. The fraction of sp³-hybridized carbons (Fsp3) is 0.125. The second kappa shape index (κ2) is 3.47. The zero-order valence-corrected chi connectivity index (χ0v) is 6.61. The second-order valence-electron chi connectivity index (χ2n) is 2.29. The Labute approximate surface area is 71.9 Å². The highest BCUT2D eigenvalue weighted by Gasteiger charge is 2.11. The molecule has 5 heteroatoms. The molecule has 0 aliphatic carbocycles. The van der Waals surface area contributed by atoms with Gasteiger partial charge in [0.1, 0.15) is 0 Å². The van der Waals surface area contributed by atoms with Gasteiger partial charge in [-0.3, -0.25) is 4.79 Å². The third kappa shape index (κ3) is 2.21. The van der Waals surface area contributed by atoms with E-state index in [2.05, 4.69) is 4.74 Å². The fourth-order valence-electron chi connectivity index (χ4n) is 0.737. The number of benzene rings is 1. The van der Waals surface area contributed by atoms with Crippen molar-refractivity contribution < 1.29 is 22.7 Å². The van der Waals surface area contributed by atoms with Crippen molar-refractivity contribution in [2.45, 2.75) is 6.92 Å². The first-order valence-corrected chi connectivity index (χ1v) is 3.33. The Morgan fingerprint density at radius 3 is 2.23 bits per heavy atom. The zero-order valence-electron chi connectivity index (χ0n) is 6.61. The standard InChI is InChI=1S/C8H5F3O2/c1-4(12)13-8-3-6(10)5(9)2-7(8)11/h2-3H,1H3. The lowest BCUT2D eigenvalue weighted by Crippen LogP contribution is -2.04. The molecule has 70 valence electrons. The average Bonchev–Trinajstić information content (AvgIpc) is 1.99. The third-order valence-electron chi connectivity index (χ3n) is 1.23. The van der Waals surface area contributed by atoms with E-state index in [4.69, 9.17) is 0 Å². The summed E-state index contributed by atoms with van der Waals surface area (Å²) in [7, 11) is 0. The SMILES string of the molecule is CC(=O)Oc1cc(F)c(F)cc1F. The van der Waals surface area contributed by atoms with Gasteiger partial charge in [0.25, 0.3) is 0 Å². The molecule has 0 spiro atoms. The lowest BCUT2D eigenvalue weighted by molar-refractivity contribution is -0.132. The van der Waals surface area contributed by atoms with Gasteiger partial charge in [0, 0.05) is 19.1 Å². The van der Waals surface area contributed by atoms with Gasteiger partial charge in [-0.05, 0) is 0 Å². The van der Waals surface area contributed by atoms with E-state index >= 15 is 0 Å². The van der Waals surface area contributed by atoms with Crippen LogP contribution >= 0.6 is 0 Å². The van der Waals surface area contributed by atoms with Crippen molar-refractivity contribution in [2.75, 3.05) is 0 Å². The monoisotopic (exact) mass is 190 g/mol. The number of carbonyl (C=O) groups is 1. The van der Waals surface area contributed by atoms with Crippen molar-refractivity contribution in [1.29, 1.82) is 0 Å². The Hall–Kier alpha value is -1.52. The minimum Gasteiger partial charge on any atom is -0.423 e. The molecule has 0 amide bonds. The lowest BCUT2D eigenvalue weighted by atomic mass is 10.3. The van der Waals surface area contributed by atoms with Crippen LogP contribution in [-0.4, -0.2) is 5.97 Å². The van der Waals surface area contributed by atoms with E-state index in [1.165, 1.54) is 0 Å². The summed E-state index contributed by atoms with van der Waals surface area (Å²) in [6.45, 7) is 1.03. The third-order valence-corrected chi connectivity index (χ3v) is 1.23. The molecule has 0 radical (unpaired) electrons. The highest BCUT2D eigenvalue weighted by atomic mass is 19.2. The van der Waals surface area contributed by atoms with Crippen LogP contribution in [0.4, 0.5) is 13.2 Å². The van der Waals surface area contributed by atoms with Crippen LogP contribution in [0.2, 0.25) is 0 Å². The molecule has 0 fully saturated rings. The molecular formula is C8H5F3O2. The Bertz CT molecular complexity index is 349. The van der Waals surface area contributed by atoms with Crippen molar-refractivity contribution in [3.8, 4) is 5.75 Å². The highest BCUT2D eigenvalue weighted by molar-refractivity contribution is 5.69. The number of esters is 1. The van der Waals surface area contributed by atoms with Crippen LogP contribution in [0.5, 0.6) is 5.75 Å². The summed E-state index contributed by atoms with van der Waals surface area (Å²) in [5.41, 5.74) is 0. The van der Waals surface area contributed by atoms with Crippen LogP contribution in [0, 0.1) is 17.5 Å². The summed E-state index contributed by atoms with van der Waals surface area (Å²) in [6, 6.07) is 0.791. The topological polar surface area (TPSA) is 26.3 Å². The van der Waals surface area contributed by atoms with Gasteiger partial charge < -0.3 is 4.74 Å². The van der Waals surface area contributed by atoms with Gasteiger partial charge in [-0.1, -0.05) is 0 Å². The molecule has 0 aliphatic heterocycles. The van der Waals surface area contributed by atoms with E-state index in [1.807, 2.05) is 0 Å². The fourth-order valence-corrected chi connectivity index (χ4v) is 0.737. The van der Waals surface area contributed by atoms with Crippen molar-refractivity contribution in [1.82, 2.24) is 0 Å². The lowest BCUT2D eigenvalue weighted by Gasteiger charge is -2.02. The van der Waals surface area contributed by atoms with Gasteiger partial charge in [-0.25, -0.2) is 13.2 Å². The first-order valence-electron chi connectivity index (χ1n) is 3.33. The van der Waals surface area contributed by atoms with Crippen LogP contribution in [-0.2, 0) is 4.79 Å². The van der Waals surface area contributed by atoms with Crippen LogP contribution in [0.3, 0.4) is 0 Å². The van der Waals surface area contributed by atoms with Crippen molar-refractivity contribution in [3.05, 3.63) is 29.6 Å². The number of carbonyl (C=O) groups excluding carboxylic acids is 1. The average molecular weight is 190 g/mol. The van der Waals surface area contributed by atoms with Crippen molar-refractivity contribution >= 4 is 5.97 Å². The van der Waals surface area contributed by atoms with Gasteiger partial charge in [-0.15, -0.1) is 0 Å². The molecule has 0 aliphatic rings. The summed E-state index contributed by atoms with van der Waals surface area (Å²) in [5.74, 6) is -5.13. The van der Waals surface area contributed by atoms with E-state index in [0.29, 0.717) is 12.1 Å². The number of ether oxygens (including phenoxy) is 1. The maximum absolute atomic E-state index is 12.7. The maximum Gasteiger partial charge on any atom is 0.308 e. The Kier molecular flexibility index (Phi) is 2.55. The Morgan fingerprint density at radius 2 is 1.69 bits per heavy atom. The first kappa shape index (κ1) is 9.57. The quantitative estimate of drug-likeness (QED) is 0.384. The minimum absolute atomic E-state index is 0.313. The zero-order chi connectivity index (χ0) is 10.0. The number of rotatable bonds is 1. The van der Waals surface area contributed by atoms with E-state index < -0.39 is 29.2 Å². The van der Waals surface area contributed by atoms with Gasteiger partial charge in [0.05, 0.1) is 0 Å². The van der Waals surface area contributed by atoms with E-state index in [-0.39, 0.29) is 0 Å². The molecule has 1 aromatic rings. The van der Waals surface area contributed by atoms with Gasteiger partial charge in [0.2, 0.25) is 0 Å². The molecule has 0 N–H and O–H groups in total. The van der Waals surface area contributed by atoms with Crippen molar-refractivity contribution in [2.24, 2.45) is 0 Å². The molecule has 13 heavy (non-hydrogen) atoms. The maximum atomic E-state index is 12.7. The van der Waals surface area contributed by atoms with Crippen LogP contribution in [0.25, 0.3) is 0 Å². The Balaban J connectivity index is 3.08. The molecule has 0 saturated heterocycles. The first-order chi connectivity index (χ1) is 6.00. The summed E-state index contributed by atoms with van der Waals surface area (Å²) < 4.78 is 41.8. The summed E-state index contributed by atoms with van der Waals surface area (Å²) >= 11 is 0. The number of halogens is 3.